The van der Waals surface area contributed by atoms with Gasteiger partial charge in [0, 0.05) is 19.0 Å². The minimum atomic E-state index is 0.128. The maximum absolute atomic E-state index is 11.5. The predicted molar refractivity (Wildman–Crippen MR) is 116 cm³/mol. The second kappa shape index (κ2) is 7.15. The van der Waals surface area contributed by atoms with Gasteiger partial charge in [0.1, 0.15) is 0 Å². The molecule has 0 aliphatic heterocycles. The molecule has 3 nitrogen and oxygen atoms in total. The Kier molecular flexibility index (Phi) is 5.22. The maximum Gasteiger partial charge on any atom is 0.217 e. The summed E-state index contributed by atoms with van der Waals surface area (Å²) in [6.07, 6.45) is 13.1. The van der Waals surface area contributed by atoms with Crippen LogP contribution in [0.1, 0.15) is 79.1 Å². The van der Waals surface area contributed by atoms with Crippen LogP contribution in [0.3, 0.4) is 0 Å². The highest BCUT2D eigenvalue weighted by molar-refractivity contribution is 5.73. The minimum absolute atomic E-state index is 0.128. The summed E-state index contributed by atoms with van der Waals surface area (Å²) >= 11 is 0. The van der Waals surface area contributed by atoms with Gasteiger partial charge in [0.2, 0.25) is 5.91 Å². The van der Waals surface area contributed by atoms with Gasteiger partial charge in [-0.05, 0) is 107 Å². The van der Waals surface area contributed by atoms with Gasteiger partial charge in [-0.25, -0.2) is 0 Å². The van der Waals surface area contributed by atoms with Crippen LogP contribution in [0.25, 0.3) is 0 Å². The number of carbonyl (C=O) groups excluding carboxylic acids is 1. The summed E-state index contributed by atoms with van der Waals surface area (Å²) in [6, 6.07) is 1.05. The van der Waals surface area contributed by atoms with Crippen LogP contribution >= 0.6 is 0 Å². The van der Waals surface area contributed by atoms with E-state index in [1.54, 1.807) is 12.5 Å². The highest BCUT2D eigenvalue weighted by atomic mass is 16.1. The third-order valence-electron chi connectivity index (χ3n) is 9.98. The van der Waals surface area contributed by atoms with Crippen LogP contribution in [0, 0.1) is 34.5 Å². The molecule has 4 rings (SSSR count). The van der Waals surface area contributed by atoms with Crippen molar-refractivity contribution in [1.29, 1.82) is 0 Å². The summed E-state index contributed by atoms with van der Waals surface area (Å²) < 4.78 is 0. The number of carbonyl (C=O) groups is 1. The maximum atomic E-state index is 11.5. The summed E-state index contributed by atoms with van der Waals surface area (Å²) in [7, 11) is 4.52. The third-order valence-corrected chi connectivity index (χ3v) is 9.98. The van der Waals surface area contributed by atoms with Gasteiger partial charge in [-0.3, -0.25) is 4.79 Å². The average molecular weight is 387 g/mol. The number of nitrogens with zero attached hydrogens (tertiary/aromatic N) is 1. The van der Waals surface area contributed by atoms with Gasteiger partial charge in [0.25, 0.3) is 0 Å². The summed E-state index contributed by atoms with van der Waals surface area (Å²) in [5.41, 5.74) is 2.57. The van der Waals surface area contributed by atoms with E-state index in [1.165, 1.54) is 38.5 Å². The third kappa shape index (κ3) is 3.07. The topological polar surface area (TPSA) is 32.3 Å². The molecule has 158 valence electrons. The van der Waals surface area contributed by atoms with Crippen molar-refractivity contribution in [1.82, 2.24) is 10.2 Å². The monoisotopic (exact) mass is 386 g/mol. The van der Waals surface area contributed by atoms with Crippen molar-refractivity contribution in [3.05, 3.63) is 11.6 Å². The number of amides is 1. The lowest BCUT2D eigenvalue weighted by Crippen LogP contribution is -2.53. The van der Waals surface area contributed by atoms with Crippen LogP contribution in [0.15, 0.2) is 11.6 Å². The molecule has 4 aliphatic carbocycles. The number of rotatable bonds is 3. The Morgan fingerprint density at radius 1 is 1.14 bits per heavy atom. The number of hydrogen-bond acceptors (Lipinski definition) is 2. The first-order chi connectivity index (χ1) is 13.2. The van der Waals surface area contributed by atoms with Gasteiger partial charge in [-0.15, -0.1) is 0 Å². The first-order valence-electron chi connectivity index (χ1n) is 11.8. The molecule has 0 saturated heterocycles. The molecular weight excluding hydrogens is 344 g/mol. The van der Waals surface area contributed by atoms with Crippen LogP contribution in [0.5, 0.6) is 0 Å². The fraction of sp³-hybridized carbons (Fsp3) is 0.880. The first kappa shape index (κ1) is 20.4. The van der Waals surface area contributed by atoms with Crippen molar-refractivity contribution in [2.45, 2.75) is 91.1 Å². The van der Waals surface area contributed by atoms with E-state index in [4.69, 9.17) is 0 Å². The molecule has 1 amide bonds. The quantitative estimate of drug-likeness (QED) is 0.691. The van der Waals surface area contributed by atoms with E-state index >= 15 is 0 Å². The molecule has 3 heteroatoms. The summed E-state index contributed by atoms with van der Waals surface area (Å²) in [4.78, 5) is 14.0. The molecule has 0 bridgehead atoms. The van der Waals surface area contributed by atoms with E-state index in [2.05, 4.69) is 51.2 Å². The molecule has 0 aromatic carbocycles. The van der Waals surface area contributed by atoms with E-state index in [-0.39, 0.29) is 5.91 Å². The zero-order valence-electron chi connectivity index (χ0n) is 19.1. The minimum Gasteiger partial charge on any atom is -0.353 e. The number of hydrogen-bond donors (Lipinski definition) is 1. The van der Waals surface area contributed by atoms with E-state index < -0.39 is 0 Å². The second-order valence-corrected chi connectivity index (χ2v) is 11.3. The van der Waals surface area contributed by atoms with E-state index in [1.807, 2.05) is 0 Å². The molecule has 0 radical (unpaired) electrons. The molecule has 1 N–H and O–H groups in total. The molecule has 0 spiro atoms. The Balaban J connectivity index is 1.56. The van der Waals surface area contributed by atoms with E-state index in [9.17, 15) is 4.79 Å². The van der Waals surface area contributed by atoms with Gasteiger partial charge in [0.15, 0.2) is 0 Å². The lowest BCUT2D eigenvalue weighted by molar-refractivity contribution is -0.120. The average Bonchev–Trinajstić information content (AvgIpc) is 2.98. The highest BCUT2D eigenvalue weighted by Gasteiger charge is 2.59. The van der Waals surface area contributed by atoms with Gasteiger partial charge < -0.3 is 10.2 Å². The molecule has 3 fully saturated rings. The zero-order chi connectivity index (χ0) is 20.3. The fourth-order valence-electron chi connectivity index (χ4n) is 8.26. The van der Waals surface area contributed by atoms with Crippen molar-refractivity contribution in [2.75, 3.05) is 14.1 Å². The standard InChI is InChI=1S/C25H42N2O/c1-16(27(5)6)21-9-10-22-20-8-7-18-15-19(26-17(2)28)11-13-24(18,3)23(20)12-14-25(21,22)4/h7,16,19-23H,8-15H2,1-6H3,(H,26,28)/t16-,19-,20-,21+,22-,23-,24-,25+/m0/s1. The first-order valence-corrected chi connectivity index (χ1v) is 11.8. The number of nitrogens with one attached hydrogen (secondary N) is 1. The second-order valence-electron chi connectivity index (χ2n) is 11.3. The summed E-state index contributed by atoms with van der Waals surface area (Å²) in [5, 5.41) is 3.19. The Morgan fingerprint density at radius 2 is 1.89 bits per heavy atom. The lowest BCUT2D eigenvalue weighted by atomic mass is 9.47. The van der Waals surface area contributed by atoms with Crippen molar-refractivity contribution in [2.24, 2.45) is 34.5 Å². The van der Waals surface area contributed by atoms with Crippen molar-refractivity contribution in [3.63, 3.8) is 0 Å². The SMILES string of the molecule is CC(=O)N[C@H]1CC[C@@]2(C)C(=CC[C@H]3[C@@H]4CC[C@H]([C@H](C)N(C)C)[C@@]4(C)CC[C@@H]32)C1. The molecule has 8 atom stereocenters. The molecule has 0 aromatic rings. The van der Waals surface area contributed by atoms with Gasteiger partial charge in [-0.2, -0.15) is 0 Å². The Bertz CT molecular complexity index is 655. The molecule has 0 aromatic heterocycles. The van der Waals surface area contributed by atoms with Crippen LogP contribution < -0.4 is 5.32 Å². The normalized spacial score (nSPS) is 46.2. The molecular formula is C25H42N2O. The predicted octanol–water partition coefficient (Wildman–Crippen LogP) is 5.02. The zero-order valence-corrected chi connectivity index (χ0v) is 19.1. The van der Waals surface area contributed by atoms with Crippen molar-refractivity contribution < 1.29 is 4.79 Å². The van der Waals surface area contributed by atoms with Crippen LogP contribution in [-0.4, -0.2) is 37.0 Å². The number of allylic oxidation sites excluding steroid dienone is 1. The van der Waals surface area contributed by atoms with Crippen LogP contribution in [-0.2, 0) is 4.79 Å². The molecule has 0 heterocycles. The summed E-state index contributed by atoms with van der Waals surface area (Å²) in [6.45, 7) is 9.32. The van der Waals surface area contributed by atoms with E-state index in [0.717, 1.165) is 36.5 Å². The summed E-state index contributed by atoms with van der Waals surface area (Å²) in [5.74, 6) is 3.62. The van der Waals surface area contributed by atoms with Crippen molar-refractivity contribution >= 4 is 5.91 Å². The van der Waals surface area contributed by atoms with E-state index in [0.29, 0.717) is 22.9 Å². The highest BCUT2D eigenvalue weighted by Crippen LogP contribution is 2.66. The smallest absolute Gasteiger partial charge is 0.217 e. The van der Waals surface area contributed by atoms with Crippen LogP contribution in [0.4, 0.5) is 0 Å². The Morgan fingerprint density at radius 3 is 2.57 bits per heavy atom. The van der Waals surface area contributed by atoms with Crippen LogP contribution in [0.2, 0.25) is 0 Å². The molecule has 28 heavy (non-hydrogen) atoms. The molecule has 3 saturated carbocycles. The van der Waals surface area contributed by atoms with Crippen molar-refractivity contribution in [3.8, 4) is 0 Å². The number of fused-ring (bicyclic) bond motifs is 5. The molecule has 0 unspecified atom stereocenters. The Hall–Kier alpha value is -0.830. The Labute approximate surface area is 172 Å². The fourth-order valence-corrected chi connectivity index (χ4v) is 8.26. The van der Waals surface area contributed by atoms with Gasteiger partial charge in [-0.1, -0.05) is 25.5 Å². The van der Waals surface area contributed by atoms with Gasteiger partial charge >= 0.3 is 0 Å². The largest absolute Gasteiger partial charge is 0.353 e. The van der Waals surface area contributed by atoms with Gasteiger partial charge in [0.05, 0.1) is 0 Å². The molecule has 4 aliphatic rings. The lowest BCUT2D eigenvalue weighted by Gasteiger charge is -2.58.